The molecule has 6 heteroatoms. The second-order valence-corrected chi connectivity index (χ2v) is 5.22. The summed E-state index contributed by atoms with van der Waals surface area (Å²) in [6.07, 6.45) is 2.31. The van der Waals surface area contributed by atoms with Crippen LogP contribution in [0.2, 0.25) is 0 Å². The lowest BCUT2D eigenvalue weighted by Crippen LogP contribution is -2.12. The average Bonchev–Trinajstić information content (AvgIpc) is 2.89. The number of carbonyl (C=O) groups excluding carboxylic acids is 1. The Morgan fingerprint density at radius 2 is 2.16 bits per heavy atom. The van der Waals surface area contributed by atoms with Crippen LogP contribution in [0.1, 0.15) is 30.3 Å². The van der Waals surface area contributed by atoms with Crippen LogP contribution in [0.4, 0.5) is 0 Å². The van der Waals surface area contributed by atoms with Crippen LogP contribution in [-0.4, -0.2) is 27.1 Å². The molecule has 0 atom stereocenters. The molecule has 0 aliphatic carbocycles. The highest BCUT2D eigenvalue weighted by atomic mass is 32.2. The summed E-state index contributed by atoms with van der Waals surface area (Å²) < 4.78 is 0. The van der Waals surface area contributed by atoms with Crippen LogP contribution in [0, 0.1) is 0 Å². The molecular weight excluding hydrogens is 260 g/mol. The van der Waals surface area contributed by atoms with Crippen LogP contribution in [0.3, 0.4) is 0 Å². The van der Waals surface area contributed by atoms with E-state index in [2.05, 4.69) is 22.3 Å². The normalized spacial score (nSPS) is 10.6. The van der Waals surface area contributed by atoms with Gasteiger partial charge in [0.05, 0.1) is 0 Å². The summed E-state index contributed by atoms with van der Waals surface area (Å²) in [6, 6.07) is 7.84. The summed E-state index contributed by atoms with van der Waals surface area (Å²) in [5.74, 6) is 0.467. The van der Waals surface area contributed by atoms with Gasteiger partial charge >= 0.3 is 0 Å². The number of carbonyl (C=O) groups is 1. The minimum Gasteiger partial charge on any atom is -0.364 e. The van der Waals surface area contributed by atoms with Crippen molar-refractivity contribution in [2.45, 2.75) is 24.7 Å². The zero-order valence-electron chi connectivity index (χ0n) is 10.7. The van der Waals surface area contributed by atoms with Crippen LogP contribution in [0.25, 0.3) is 11.3 Å². The molecule has 1 amide bonds. The fourth-order valence-corrected chi connectivity index (χ4v) is 2.85. The topological polar surface area (TPSA) is 84.7 Å². The molecule has 1 aromatic heterocycles. The van der Waals surface area contributed by atoms with E-state index in [9.17, 15) is 4.79 Å². The summed E-state index contributed by atoms with van der Waals surface area (Å²) in [5.41, 5.74) is 6.90. The molecule has 0 aliphatic heterocycles. The third kappa shape index (κ3) is 3.14. The Labute approximate surface area is 116 Å². The van der Waals surface area contributed by atoms with Crippen molar-refractivity contribution in [1.29, 1.82) is 0 Å². The molecule has 2 aromatic rings. The van der Waals surface area contributed by atoms with Gasteiger partial charge in [-0.05, 0) is 18.2 Å². The van der Waals surface area contributed by atoms with Gasteiger partial charge < -0.3 is 5.73 Å². The Balaban J connectivity index is 2.33. The predicted molar refractivity (Wildman–Crippen MR) is 76.0 cm³/mol. The number of primary amides is 1. The molecule has 0 saturated carbocycles. The average molecular weight is 276 g/mol. The SMILES string of the molecule is CCCCSc1ccccc1-c1n[nH]nc1C(N)=O. The monoisotopic (exact) mass is 276 g/mol. The van der Waals surface area contributed by atoms with Crippen molar-refractivity contribution in [1.82, 2.24) is 15.4 Å². The number of benzene rings is 1. The van der Waals surface area contributed by atoms with Gasteiger partial charge in [0.2, 0.25) is 0 Å². The highest BCUT2D eigenvalue weighted by Crippen LogP contribution is 2.31. The number of hydrogen-bond donors (Lipinski definition) is 2. The second-order valence-electron chi connectivity index (χ2n) is 4.08. The first-order valence-corrected chi connectivity index (χ1v) is 7.15. The Bertz CT molecular complexity index is 567. The van der Waals surface area contributed by atoms with Crippen molar-refractivity contribution < 1.29 is 4.79 Å². The summed E-state index contributed by atoms with van der Waals surface area (Å²) in [4.78, 5) is 12.4. The first-order valence-electron chi connectivity index (χ1n) is 6.16. The minimum atomic E-state index is -0.572. The molecule has 0 saturated heterocycles. The highest BCUT2D eigenvalue weighted by Gasteiger charge is 2.17. The Kier molecular flexibility index (Phi) is 4.57. The van der Waals surface area contributed by atoms with Crippen molar-refractivity contribution in [3.05, 3.63) is 30.0 Å². The lowest BCUT2D eigenvalue weighted by molar-refractivity contribution is 0.0996. The minimum absolute atomic E-state index is 0.184. The molecule has 2 rings (SSSR count). The van der Waals surface area contributed by atoms with E-state index in [1.165, 1.54) is 0 Å². The lowest BCUT2D eigenvalue weighted by Gasteiger charge is -2.07. The van der Waals surface area contributed by atoms with Crippen molar-refractivity contribution in [3.63, 3.8) is 0 Å². The Morgan fingerprint density at radius 3 is 2.89 bits per heavy atom. The Morgan fingerprint density at radius 1 is 1.37 bits per heavy atom. The van der Waals surface area contributed by atoms with E-state index >= 15 is 0 Å². The van der Waals surface area contributed by atoms with E-state index < -0.39 is 5.91 Å². The molecule has 0 fully saturated rings. The van der Waals surface area contributed by atoms with Crippen molar-refractivity contribution in [3.8, 4) is 11.3 Å². The standard InChI is InChI=1S/C13H16N4OS/c1-2-3-8-19-10-7-5-4-6-9(10)11-12(13(14)18)16-17-15-11/h4-7H,2-3,8H2,1H3,(H2,14,18)(H,15,16,17). The van der Waals surface area contributed by atoms with Crippen LogP contribution >= 0.6 is 11.8 Å². The zero-order chi connectivity index (χ0) is 13.7. The zero-order valence-corrected chi connectivity index (χ0v) is 11.5. The number of H-pyrrole nitrogens is 1. The van der Waals surface area contributed by atoms with E-state index in [1.54, 1.807) is 11.8 Å². The molecule has 1 aromatic carbocycles. The van der Waals surface area contributed by atoms with E-state index in [4.69, 9.17) is 5.73 Å². The van der Waals surface area contributed by atoms with E-state index in [0.717, 1.165) is 29.1 Å². The Hall–Kier alpha value is -1.82. The number of nitrogens with zero attached hydrogens (tertiary/aromatic N) is 2. The molecule has 5 nitrogen and oxygen atoms in total. The maximum atomic E-state index is 11.3. The van der Waals surface area contributed by atoms with Gasteiger partial charge in [0.15, 0.2) is 5.69 Å². The van der Waals surface area contributed by atoms with Gasteiger partial charge in [0.1, 0.15) is 5.69 Å². The van der Waals surface area contributed by atoms with E-state index in [-0.39, 0.29) is 5.69 Å². The number of hydrogen-bond acceptors (Lipinski definition) is 4. The van der Waals surface area contributed by atoms with Crippen LogP contribution < -0.4 is 5.73 Å². The summed E-state index contributed by atoms with van der Waals surface area (Å²) in [7, 11) is 0. The van der Waals surface area contributed by atoms with Gasteiger partial charge in [0.25, 0.3) is 5.91 Å². The maximum Gasteiger partial charge on any atom is 0.271 e. The van der Waals surface area contributed by atoms with Crippen LogP contribution in [0.15, 0.2) is 29.2 Å². The van der Waals surface area contributed by atoms with E-state index in [1.807, 2.05) is 24.3 Å². The maximum absolute atomic E-state index is 11.3. The fraction of sp³-hybridized carbons (Fsp3) is 0.308. The smallest absolute Gasteiger partial charge is 0.271 e. The molecule has 100 valence electrons. The number of rotatable bonds is 6. The second kappa shape index (κ2) is 6.38. The molecule has 19 heavy (non-hydrogen) atoms. The number of nitrogens with two attached hydrogens (primary N) is 1. The molecule has 0 spiro atoms. The van der Waals surface area contributed by atoms with E-state index in [0.29, 0.717) is 5.69 Å². The van der Waals surface area contributed by atoms with Gasteiger partial charge in [0, 0.05) is 10.5 Å². The molecule has 0 aliphatic rings. The van der Waals surface area contributed by atoms with Gasteiger partial charge in [-0.15, -0.1) is 11.8 Å². The highest BCUT2D eigenvalue weighted by molar-refractivity contribution is 7.99. The summed E-state index contributed by atoms with van der Waals surface area (Å²) >= 11 is 1.76. The van der Waals surface area contributed by atoms with Crippen LogP contribution in [0.5, 0.6) is 0 Å². The third-order valence-electron chi connectivity index (χ3n) is 2.68. The molecule has 0 unspecified atom stereocenters. The molecule has 0 bridgehead atoms. The number of thioether (sulfide) groups is 1. The first kappa shape index (κ1) is 13.6. The molecule has 3 N–H and O–H groups in total. The lowest BCUT2D eigenvalue weighted by atomic mass is 10.1. The largest absolute Gasteiger partial charge is 0.364 e. The predicted octanol–water partition coefficient (Wildman–Crippen LogP) is 2.46. The number of unbranched alkanes of at least 4 members (excludes halogenated alkanes) is 1. The third-order valence-corrected chi connectivity index (χ3v) is 3.84. The first-order chi connectivity index (χ1) is 9.24. The molecular formula is C13H16N4OS. The van der Waals surface area contributed by atoms with Crippen molar-refractivity contribution >= 4 is 17.7 Å². The quantitative estimate of drug-likeness (QED) is 0.627. The number of amides is 1. The number of nitrogens with one attached hydrogen (secondary N) is 1. The molecule has 0 radical (unpaired) electrons. The van der Waals surface area contributed by atoms with Crippen molar-refractivity contribution in [2.75, 3.05) is 5.75 Å². The summed E-state index contributed by atoms with van der Waals surface area (Å²) in [5, 5.41) is 10.3. The van der Waals surface area contributed by atoms with Gasteiger partial charge in [-0.3, -0.25) is 4.79 Å². The molecule has 1 heterocycles. The number of aromatic nitrogens is 3. The summed E-state index contributed by atoms with van der Waals surface area (Å²) in [6.45, 7) is 2.16. The number of aromatic amines is 1. The van der Waals surface area contributed by atoms with Gasteiger partial charge in [-0.1, -0.05) is 31.5 Å². The van der Waals surface area contributed by atoms with Gasteiger partial charge in [-0.25, -0.2) is 0 Å². The fourth-order valence-electron chi connectivity index (χ4n) is 1.71. The van der Waals surface area contributed by atoms with Gasteiger partial charge in [-0.2, -0.15) is 15.4 Å². The van der Waals surface area contributed by atoms with Crippen LogP contribution in [-0.2, 0) is 0 Å². The van der Waals surface area contributed by atoms with Crippen molar-refractivity contribution in [2.24, 2.45) is 5.73 Å².